The maximum Gasteiger partial charge on any atom is 0.431 e. The minimum Gasteiger partial charge on any atom is -0.461 e. The van der Waals surface area contributed by atoms with Crippen molar-refractivity contribution < 1.29 is 19.2 Å². The van der Waals surface area contributed by atoms with Crippen molar-refractivity contribution >= 4 is 17.7 Å². The molecule has 0 unspecified atom stereocenters. The first kappa shape index (κ1) is 14.6. The number of hydrogen-bond acceptors (Lipinski definition) is 6. The first-order chi connectivity index (χ1) is 9.04. The van der Waals surface area contributed by atoms with Crippen LogP contribution < -0.4 is 10.8 Å². The van der Waals surface area contributed by atoms with Gasteiger partial charge in [0.25, 0.3) is 0 Å². The third-order valence-electron chi connectivity index (χ3n) is 2.16. The van der Waals surface area contributed by atoms with Crippen LogP contribution in [-0.2, 0) is 14.4 Å². The third kappa shape index (κ3) is 4.70. The SMILES string of the molecule is C=CC(=O)OCCNC(=O)ONc1c(C)n[nH]c1C. The van der Waals surface area contributed by atoms with E-state index in [0.29, 0.717) is 11.4 Å². The molecular weight excluding hydrogens is 252 g/mol. The van der Waals surface area contributed by atoms with Crippen LogP contribution >= 0.6 is 0 Å². The fraction of sp³-hybridized carbons (Fsp3) is 0.364. The van der Waals surface area contributed by atoms with Crippen molar-refractivity contribution in [1.29, 1.82) is 0 Å². The number of esters is 1. The van der Waals surface area contributed by atoms with Gasteiger partial charge in [0, 0.05) is 6.08 Å². The lowest BCUT2D eigenvalue weighted by Crippen LogP contribution is -2.30. The van der Waals surface area contributed by atoms with Gasteiger partial charge >= 0.3 is 12.1 Å². The molecule has 0 atom stereocenters. The number of carbonyl (C=O) groups is 2. The van der Waals surface area contributed by atoms with Gasteiger partial charge in [-0.3, -0.25) is 5.10 Å². The summed E-state index contributed by atoms with van der Waals surface area (Å²) in [5.41, 5.74) is 4.54. The highest BCUT2D eigenvalue weighted by atomic mass is 16.7. The highest BCUT2D eigenvalue weighted by molar-refractivity contribution is 5.81. The number of hydrogen-bond donors (Lipinski definition) is 3. The molecule has 0 radical (unpaired) electrons. The molecular formula is C11H16N4O4. The quantitative estimate of drug-likeness (QED) is 0.305. The van der Waals surface area contributed by atoms with E-state index in [-0.39, 0.29) is 13.2 Å². The van der Waals surface area contributed by atoms with E-state index in [1.165, 1.54) is 0 Å². The number of aromatic amines is 1. The van der Waals surface area contributed by atoms with Crippen LogP contribution in [0.4, 0.5) is 10.5 Å². The number of amides is 1. The molecule has 0 aliphatic rings. The van der Waals surface area contributed by atoms with Crippen LogP contribution in [0, 0.1) is 13.8 Å². The summed E-state index contributed by atoms with van der Waals surface area (Å²) in [6.07, 6.45) is 0.360. The van der Waals surface area contributed by atoms with E-state index in [1.54, 1.807) is 13.8 Å². The van der Waals surface area contributed by atoms with E-state index < -0.39 is 12.1 Å². The van der Waals surface area contributed by atoms with Gasteiger partial charge in [-0.25, -0.2) is 15.1 Å². The smallest absolute Gasteiger partial charge is 0.431 e. The average molecular weight is 268 g/mol. The number of aryl methyl sites for hydroxylation is 2. The molecule has 3 N–H and O–H groups in total. The van der Waals surface area contributed by atoms with Crippen LogP contribution in [0.3, 0.4) is 0 Å². The van der Waals surface area contributed by atoms with Gasteiger partial charge in [-0.15, -0.1) is 0 Å². The monoisotopic (exact) mass is 268 g/mol. The van der Waals surface area contributed by atoms with Crippen molar-refractivity contribution in [1.82, 2.24) is 15.5 Å². The fourth-order valence-electron chi connectivity index (χ4n) is 1.20. The highest BCUT2D eigenvalue weighted by Crippen LogP contribution is 2.15. The lowest BCUT2D eigenvalue weighted by molar-refractivity contribution is -0.137. The maximum atomic E-state index is 11.3. The number of nitrogens with one attached hydrogen (secondary N) is 3. The van der Waals surface area contributed by atoms with E-state index in [4.69, 9.17) is 4.84 Å². The summed E-state index contributed by atoms with van der Waals surface area (Å²) >= 11 is 0. The van der Waals surface area contributed by atoms with Gasteiger partial charge in [0.15, 0.2) is 0 Å². The number of nitrogens with zero attached hydrogens (tertiary/aromatic N) is 1. The molecule has 0 bridgehead atoms. The van der Waals surface area contributed by atoms with Crippen molar-refractivity contribution in [3.05, 3.63) is 24.0 Å². The molecule has 0 aromatic carbocycles. The summed E-state index contributed by atoms with van der Waals surface area (Å²) in [6.45, 7) is 6.99. The predicted octanol–water partition coefficient (Wildman–Crippen LogP) is 0.809. The molecule has 19 heavy (non-hydrogen) atoms. The Kier molecular flexibility index (Phi) is 5.39. The minimum absolute atomic E-state index is 0.0454. The van der Waals surface area contributed by atoms with Crippen molar-refractivity contribution in [3.63, 3.8) is 0 Å². The van der Waals surface area contributed by atoms with Gasteiger partial charge in [0.05, 0.1) is 17.9 Å². The largest absolute Gasteiger partial charge is 0.461 e. The van der Waals surface area contributed by atoms with Gasteiger partial charge in [-0.05, 0) is 13.8 Å². The van der Waals surface area contributed by atoms with Crippen molar-refractivity contribution in [2.24, 2.45) is 0 Å². The Bertz CT molecular complexity index is 450. The molecule has 0 fully saturated rings. The van der Waals surface area contributed by atoms with E-state index in [2.05, 4.69) is 32.3 Å². The summed E-state index contributed by atoms with van der Waals surface area (Å²) < 4.78 is 4.67. The summed E-state index contributed by atoms with van der Waals surface area (Å²) in [6, 6.07) is 0. The van der Waals surface area contributed by atoms with Crippen molar-refractivity contribution in [2.75, 3.05) is 18.6 Å². The molecule has 1 heterocycles. The van der Waals surface area contributed by atoms with Crippen LogP contribution in [0.2, 0.25) is 0 Å². The Morgan fingerprint density at radius 2 is 2.21 bits per heavy atom. The number of anilines is 1. The third-order valence-corrected chi connectivity index (χ3v) is 2.16. The Hall–Kier alpha value is -2.51. The highest BCUT2D eigenvalue weighted by Gasteiger charge is 2.08. The van der Waals surface area contributed by atoms with Gasteiger partial charge in [-0.2, -0.15) is 5.10 Å². The van der Waals surface area contributed by atoms with E-state index in [0.717, 1.165) is 11.8 Å². The number of ether oxygens (including phenoxy) is 1. The van der Waals surface area contributed by atoms with Crippen LogP contribution in [0.15, 0.2) is 12.7 Å². The fourth-order valence-corrected chi connectivity index (χ4v) is 1.20. The summed E-state index contributed by atoms with van der Waals surface area (Å²) in [5, 5.41) is 9.07. The molecule has 1 aromatic rings. The molecule has 1 rings (SSSR count). The number of H-pyrrole nitrogens is 1. The molecule has 1 amide bonds. The minimum atomic E-state index is -0.686. The predicted molar refractivity (Wildman–Crippen MR) is 67.3 cm³/mol. The van der Waals surface area contributed by atoms with E-state index >= 15 is 0 Å². The Balaban J connectivity index is 2.22. The zero-order valence-electron chi connectivity index (χ0n) is 10.8. The molecule has 104 valence electrons. The molecule has 8 nitrogen and oxygen atoms in total. The van der Waals surface area contributed by atoms with Gasteiger partial charge in [-0.1, -0.05) is 6.58 Å². The summed E-state index contributed by atoms with van der Waals surface area (Å²) in [4.78, 5) is 26.8. The second-order valence-corrected chi connectivity index (χ2v) is 3.60. The summed E-state index contributed by atoms with van der Waals surface area (Å²) in [7, 11) is 0. The second kappa shape index (κ2) is 7.04. The normalized spacial score (nSPS) is 9.58. The molecule has 0 saturated carbocycles. The van der Waals surface area contributed by atoms with Crippen LogP contribution in [0.25, 0.3) is 0 Å². The van der Waals surface area contributed by atoms with Crippen LogP contribution in [0.5, 0.6) is 0 Å². The molecule has 1 aromatic heterocycles. The standard InChI is InChI=1S/C11H16N4O4/c1-4-9(16)18-6-5-12-11(17)19-15-10-7(2)13-14-8(10)3/h4,15H,1,5-6H2,2-3H3,(H,12,17)(H,13,14). The van der Waals surface area contributed by atoms with E-state index in [9.17, 15) is 9.59 Å². The number of rotatable bonds is 6. The van der Waals surface area contributed by atoms with Gasteiger partial charge in [0.1, 0.15) is 12.3 Å². The van der Waals surface area contributed by atoms with Crippen LogP contribution in [-0.4, -0.2) is 35.4 Å². The zero-order valence-corrected chi connectivity index (χ0v) is 10.8. The first-order valence-electron chi connectivity index (χ1n) is 5.56. The molecule has 0 aliphatic carbocycles. The summed E-state index contributed by atoms with van der Waals surface area (Å²) in [5.74, 6) is -0.544. The van der Waals surface area contributed by atoms with Gasteiger partial charge in [0.2, 0.25) is 0 Å². The van der Waals surface area contributed by atoms with E-state index in [1.807, 2.05) is 0 Å². The molecule has 0 spiro atoms. The Morgan fingerprint density at radius 1 is 1.47 bits per heavy atom. The average Bonchev–Trinajstić information content (AvgIpc) is 2.71. The molecule has 0 aliphatic heterocycles. The topological polar surface area (TPSA) is 105 Å². The lowest BCUT2D eigenvalue weighted by atomic mass is 10.3. The Morgan fingerprint density at radius 3 is 2.79 bits per heavy atom. The van der Waals surface area contributed by atoms with Gasteiger partial charge < -0.3 is 14.9 Å². The molecule has 0 saturated heterocycles. The van der Waals surface area contributed by atoms with Crippen LogP contribution in [0.1, 0.15) is 11.4 Å². The Labute approximate surface area is 110 Å². The second-order valence-electron chi connectivity index (χ2n) is 3.60. The number of aromatic nitrogens is 2. The van der Waals surface area contributed by atoms with Crippen molar-refractivity contribution in [2.45, 2.75) is 13.8 Å². The number of carbonyl (C=O) groups excluding carboxylic acids is 2. The maximum absolute atomic E-state index is 11.3. The first-order valence-corrected chi connectivity index (χ1v) is 5.56. The van der Waals surface area contributed by atoms with Crippen molar-refractivity contribution in [3.8, 4) is 0 Å². The zero-order chi connectivity index (χ0) is 14.3. The molecule has 8 heteroatoms. The lowest BCUT2D eigenvalue weighted by Gasteiger charge is -2.08.